The fraction of sp³-hybridized carbons (Fsp3) is 1.00. The van der Waals surface area contributed by atoms with Crippen molar-refractivity contribution in [3.8, 4) is 0 Å². The summed E-state index contributed by atoms with van der Waals surface area (Å²) in [7, 11) is -9.68. The molecule has 0 aromatic carbocycles. The number of rotatable bonds is 10. The molecular formula is C16H30F4O6P2. The van der Waals surface area contributed by atoms with Gasteiger partial charge in [0.25, 0.3) is 0 Å². The van der Waals surface area contributed by atoms with Crippen molar-refractivity contribution in [1.29, 1.82) is 0 Å². The Morgan fingerprint density at radius 2 is 0.750 bits per heavy atom. The summed E-state index contributed by atoms with van der Waals surface area (Å²) >= 11 is 0. The van der Waals surface area contributed by atoms with Gasteiger partial charge in [-0.25, -0.2) is 0 Å². The molecule has 1 saturated carbocycles. The Morgan fingerprint density at radius 1 is 0.571 bits per heavy atom. The molecule has 1 aliphatic carbocycles. The molecule has 0 amide bonds. The van der Waals surface area contributed by atoms with Crippen molar-refractivity contribution in [1.82, 2.24) is 0 Å². The maximum Gasteiger partial charge on any atom is 0.341 e. The summed E-state index contributed by atoms with van der Waals surface area (Å²) in [5.74, 6) is -9.57. The summed E-state index contributed by atoms with van der Waals surface area (Å²) in [5.41, 5.74) is -5.36. The third-order valence-corrected chi connectivity index (χ3v) is 9.30. The zero-order chi connectivity index (χ0) is 22.3. The molecule has 168 valence electrons. The van der Waals surface area contributed by atoms with Crippen molar-refractivity contribution >= 4 is 15.2 Å². The van der Waals surface area contributed by atoms with Crippen molar-refractivity contribution in [2.24, 2.45) is 0 Å². The highest BCUT2D eigenvalue weighted by atomic mass is 31.2. The minimum absolute atomic E-state index is 0.869. The molecule has 12 heteroatoms. The van der Waals surface area contributed by atoms with Crippen LogP contribution in [0.5, 0.6) is 0 Å². The molecule has 0 bridgehead atoms. The first-order valence-electron chi connectivity index (χ1n) is 9.09. The standard InChI is InChI=1S/C16H30F4O6P2/c1-9(2)23-27(21,24-10(3)4)13-14(16(19,20)15(13,17)18)28(22,25-11(5)6)26-12(7)8/h9-14H,1-8H3/t13-,14-/m0/s1. The highest BCUT2D eigenvalue weighted by Gasteiger charge is 2.88. The van der Waals surface area contributed by atoms with Crippen LogP contribution in [0.15, 0.2) is 0 Å². The lowest BCUT2D eigenvalue weighted by Gasteiger charge is -2.53. The highest BCUT2D eigenvalue weighted by Crippen LogP contribution is 2.79. The van der Waals surface area contributed by atoms with Gasteiger partial charge in [0.2, 0.25) is 0 Å². The van der Waals surface area contributed by atoms with E-state index < -0.39 is 62.8 Å². The molecule has 0 N–H and O–H groups in total. The van der Waals surface area contributed by atoms with E-state index in [1.807, 2.05) is 0 Å². The van der Waals surface area contributed by atoms with E-state index in [1.165, 1.54) is 55.4 Å². The summed E-state index contributed by atoms with van der Waals surface area (Å²) in [6.07, 6.45) is -3.48. The Morgan fingerprint density at radius 3 is 0.893 bits per heavy atom. The molecule has 28 heavy (non-hydrogen) atoms. The quantitative estimate of drug-likeness (QED) is 0.293. The molecular weight excluding hydrogens is 426 g/mol. The van der Waals surface area contributed by atoms with Crippen molar-refractivity contribution in [2.45, 2.75) is 103 Å². The average molecular weight is 456 g/mol. The Hall–Kier alpha value is 0.0200. The molecule has 6 nitrogen and oxygen atoms in total. The first-order valence-corrected chi connectivity index (χ1v) is 12.3. The smallest absolute Gasteiger partial charge is 0.305 e. The first-order chi connectivity index (χ1) is 12.4. The summed E-state index contributed by atoms with van der Waals surface area (Å²) in [6.45, 7) is 11.2. The van der Waals surface area contributed by atoms with E-state index in [2.05, 4.69) is 0 Å². The number of alkyl halides is 4. The first kappa shape index (κ1) is 26.1. The van der Waals surface area contributed by atoms with Crippen LogP contribution in [0.3, 0.4) is 0 Å². The summed E-state index contributed by atoms with van der Waals surface area (Å²) in [4.78, 5) is 0. The Balaban J connectivity index is 3.59. The van der Waals surface area contributed by atoms with E-state index >= 15 is 0 Å². The van der Waals surface area contributed by atoms with Crippen molar-refractivity contribution in [3.05, 3.63) is 0 Å². The second-order valence-corrected chi connectivity index (χ2v) is 11.9. The van der Waals surface area contributed by atoms with Crippen LogP contribution >= 0.6 is 15.2 Å². The maximum absolute atomic E-state index is 14.5. The van der Waals surface area contributed by atoms with Gasteiger partial charge in [0.05, 0.1) is 24.4 Å². The van der Waals surface area contributed by atoms with Crippen LogP contribution in [-0.2, 0) is 27.2 Å². The van der Waals surface area contributed by atoms with Crippen LogP contribution in [0.25, 0.3) is 0 Å². The Bertz CT molecular complexity index is 557. The van der Waals surface area contributed by atoms with Gasteiger partial charge < -0.3 is 18.1 Å². The molecule has 0 heterocycles. The Labute approximate surface area is 163 Å². The number of hydrogen-bond acceptors (Lipinski definition) is 6. The van der Waals surface area contributed by atoms with E-state index in [4.69, 9.17) is 18.1 Å². The third-order valence-electron chi connectivity index (χ3n) is 3.60. The lowest BCUT2D eigenvalue weighted by molar-refractivity contribution is -0.274. The minimum Gasteiger partial charge on any atom is -0.305 e. The fourth-order valence-electron chi connectivity index (χ4n) is 2.93. The van der Waals surface area contributed by atoms with Crippen LogP contribution in [0.2, 0.25) is 0 Å². The predicted molar refractivity (Wildman–Crippen MR) is 97.6 cm³/mol. The summed E-state index contributed by atoms with van der Waals surface area (Å²) < 4.78 is 105. The van der Waals surface area contributed by atoms with Crippen LogP contribution in [-0.4, -0.2) is 47.6 Å². The van der Waals surface area contributed by atoms with Gasteiger partial charge in [-0.3, -0.25) is 9.13 Å². The van der Waals surface area contributed by atoms with Crippen molar-refractivity contribution < 1.29 is 44.8 Å². The van der Waals surface area contributed by atoms with E-state index in [0.29, 0.717) is 0 Å². The topological polar surface area (TPSA) is 71.1 Å². The summed E-state index contributed by atoms with van der Waals surface area (Å²) in [5, 5.41) is 0. The van der Waals surface area contributed by atoms with Gasteiger partial charge in [0.1, 0.15) is 0 Å². The second-order valence-electron chi connectivity index (χ2n) is 7.83. The zero-order valence-corrected chi connectivity index (χ0v) is 19.1. The van der Waals surface area contributed by atoms with Gasteiger partial charge >= 0.3 is 27.0 Å². The van der Waals surface area contributed by atoms with Gasteiger partial charge in [0, 0.05) is 0 Å². The van der Waals surface area contributed by atoms with Gasteiger partial charge in [0.15, 0.2) is 11.3 Å². The molecule has 0 aromatic rings. The largest absolute Gasteiger partial charge is 0.341 e. The minimum atomic E-state index is -4.84. The van der Waals surface area contributed by atoms with E-state index in [-0.39, 0.29) is 0 Å². The zero-order valence-electron chi connectivity index (χ0n) is 17.3. The normalized spacial score (nSPS) is 25.0. The molecule has 0 aromatic heterocycles. The third kappa shape index (κ3) is 5.01. The maximum atomic E-state index is 14.5. The molecule has 0 spiro atoms. The molecule has 0 radical (unpaired) electrons. The molecule has 0 aliphatic heterocycles. The van der Waals surface area contributed by atoms with Gasteiger partial charge in [-0.15, -0.1) is 0 Å². The van der Waals surface area contributed by atoms with Crippen LogP contribution < -0.4 is 0 Å². The van der Waals surface area contributed by atoms with Gasteiger partial charge in [-0.1, -0.05) is 0 Å². The van der Waals surface area contributed by atoms with Crippen molar-refractivity contribution in [3.63, 3.8) is 0 Å². The predicted octanol–water partition coefficient (Wildman–Crippen LogP) is 6.09. The monoisotopic (exact) mass is 456 g/mol. The SMILES string of the molecule is CC(C)OP(=O)(OC(C)C)[C@H]1[C@H](P(=O)(OC(C)C)OC(C)C)C(F)(F)C1(F)F. The lowest BCUT2D eigenvalue weighted by atomic mass is 9.87. The van der Waals surface area contributed by atoms with Crippen LogP contribution in [0.4, 0.5) is 17.6 Å². The van der Waals surface area contributed by atoms with Gasteiger partial charge in [-0.05, 0) is 55.4 Å². The summed E-state index contributed by atoms with van der Waals surface area (Å²) in [6, 6.07) is 0. The molecule has 2 atom stereocenters. The molecule has 0 unspecified atom stereocenters. The van der Waals surface area contributed by atoms with Crippen molar-refractivity contribution in [2.75, 3.05) is 0 Å². The Kier molecular flexibility index (Phi) is 8.04. The second kappa shape index (κ2) is 8.64. The van der Waals surface area contributed by atoms with Gasteiger partial charge in [-0.2, -0.15) is 17.6 Å². The molecule has 1 fully saturated rings. The van der Waals surface area contributed by atoms with E-state index in [9.17, 15) is 26.7 Å². The lowest BCUT2D eigenvalue weighted by Crippen LogP contribution is -2.73. The molecule has 1 rings (SSSR count). The number of halogens is 4. The van der Waals surface area contributed by atoms with E-state index in [1.54, 1.807) is 0 Å². The van der Waals surface area contributed by atoms with Crippen LogP contribution in [0.1, 0.15) is 55.4 Å². The molecule has 0 saturated heterocycles. The van der Waals surface area contributed by atoms with Crippen LogP contribution in [0, 0.1) is 0 Å². The van der Waals surface area contributed by atoms with E-state index in [0.717, 1.165) is 0 Å². The highest BCUT2D eigenvalue weighted by molar-refractivity contribution is 7.59. The molecule has 1 aliphatic rings. The number of hydrogen-bond donors (Lipinski definition) is 0. The fourth-order valence-corrected chi connectivity index (χ4v) is 9.08. The average Bonchev–Trinajstić information content (AvgIpc) is 2.39.